The number of aliphatic hydroxyl groups is 1. The van der Waals surface area contributed by atoms with Gasteiger partial charge in [-0.25, -0.2) is 9.97 Å². The van der Waals surface area contributed by atoms with Crippen LogP contribution >= 0.6 is 0 Å². The molecule has 0 unspecified atom stereocenters. The molecule has 2 N–H and O–H groups in total. The van der Waals surface area contributed by atoms with Gasteiger partial charge in [-0.1, -0.05) is 6.92 Å². The third kappa shape index (κ3) is 4.32. The Morgan fingerprint density at radius 2 is 1.81 bits per heavy atom. The fourth-order valence-corrected chi connectivity index (χ4v) is 2.49. The van der Waals surface area contributed by atoms with Gasteiger partial charge in [0.2, 0.25) is 11.9 Å². The van der Waals surface area contributed by atoms with E-state index in [1.807, 2.05) is 20.8 Å². The lowest BCUT2D eigenvalue weighted by Crippen LogP contribution is -2.31. The zero-order valence-electron chi connectivity index (χ0n) is 15.4. The highest BCUT2D eigenvalue weighted by molar-refractivity contribution is 5.91. The van der Waals surface area contributed by atoms with E-state index in [2.05, 4.69) is 15.3 Å². The highest BCUT2D eigenvalue weighted by Gasteiger charge is 2.34. The molecule has 0 saturated carbocycles. The van der Waals surface area contributed by atoms with E-state index in [-0.39, 0.29) is 23.5 Å². The van der Waals surface area contributed by atoms with Crippen LogP contribution in [0.25, 0.3) is 11.2 Å². The molecule has 0 fully saturated rings. The van der Waals surface area contributed by atoms with Gasteiger partial charge in [-0.15, -0.1) is 0 Å². The van der Waals surface area contributed by atoms with Crippen LogP contribution in [0.3, 0.4) is 0 Å². The van der Waals surface area contributed by atoms with Crippen LogP contribution in [0.1, 0.15) is 53.2 Å². The van der Waals surface area contributed by atoms with E-state index in [1.54, 1.807) is 0 Å². The molecule has 0 aliphatic rings. The molecule has 2 aromatic rings. The van der Waals surface area contributed by atoms with Crippen molar-refractivity contribution in [2.45, 2.75) is 64.8 Å². The molecule has 1 amide bonds. The monoisotopic (exact) mass is 372 g/mol. The molecule has 0 bridgehead atoms. The van der Waals surface area contributed by atoms with Gasteiger partial charge in [0.1, 0.15) is 11.2 Å². The summed E-state index contributed by atoms with van der Waals surface area (Å²) in [6, 6.07) is 2.10. The first-order valence-corrected chi connectivity index (χ1v) is 8.24. The predicted octanol–water partition coefficient (Wildman–Crippen LogP) is 3.69. The maximum absolute atomic E-state index is 13.0. The zero-order chi connectivity index (χ0) is 19.9. The molecular weight excluding hydrogens is 349 g/mol. The van der Waals surface area contributed by atoms with Crippen molar-refractivity contribution in [2.24, 2.45) is 0 Å². The molecule has 2 aromatic heterocycles. The van der Waals surface area contributed by atoms with E-state index < -0.39 is 28.9 Å². The topological polar surface area (TPSA) is 80.0 Å². The number of imidazole rings is 1. The third-order valence-electron chi connectivity index (χ3n) is 4.11. The number of alkyl halides is 3. The Balaban J connectivity index is 2.59. The molecule has 144 valence electrons. The average Bonchev–Trinajstić information content (AvgIpc) is 2.81. The van der Waals surface area contributed by atoms with Crippen LogP contribution in [0.2, 0.25) is 0 Å². The first-order valence-electron chi connectivity index (χ1n) is 8.24. The number of nitrogens with one attached hydrogen (secondary N) is 1. The lowest BCUT2D eigenvalue weighted by molar-refractivity contribution is -0.141. The summed E-state index contributed by atoms with van der Waals surface area (Å²) in [6.07, 6.45) is -4.18. The molecule has 0 saturated heterocycles. The Hall–Kier alpha value is -2.16. The zero-order valence-corrected chi connectivity index (χ0v) is 15.4. The fraction of sp³-hybridized carbons (Fsp3) is 0.588. The van der Waals surface area contributed by atoms with Crippen molar-refractivity contribution in [2.75, 3.05) is 5.32 Å². The van der Waals surface area contributed by atoms with Crippen LogP contribution in [0.4, 0.5) is 19.1 Å². The first kappa shape index (κ1) is 20.2. The molecule has 26 heavy (non-hydrogen) atoms. The van der Waals surface area contributed by atoms with Gasteiger partial charge in [0, 0.05) is 5.54 Å². The molecule has 0 atom stereocenters. The summed E-state index contributed by atoms with van der Waals surface area (Å²) in [5.74, 6) is -0.384. The predicted molar refractivity (Wildman–Crippen MR) is 91.7 cm³/mol. The highest BCUT2D eigenvalue weighted by Crippen LogP contribution is 2.33. The molecule has 2 heterocycles. The number of anilines is 1. The van der Waals surface area contributed by atoms with E-state index >= 15 is 0 Å². The van der Waals surface area contributed by atoms with Crippen molar-refractivity contribution >= 4 is 23.0 Å². The first-order chi connectivity index (χ1) is 11.7. The molecule has 9 heteroatoms. The van der Waals surface area contributed by atoms with Crippen molar-refractivity contribution < 1.29 is 23.1 Å². The van der Waals surface area contributed by atoms with Gasteiger partial charge in [0.15, 0.2) is 5.65 Å². The molecule has 0 spiro atoms. The SMILES string of the molecule is CCC(C)(C)n1c(NC(=O)CC(C)(C)O)nc2ccc(C(F)(F)F)nc21. The molecule has 0 radical (unpaired) electrons. The number of pyridine rings is 1. The van der Waals surface area contributed by atoms with Gasteiger partial charge >= 0.3 is 6.18 Å². The summed E-state index contributed by atoms with van der Waals surface area (Å²) in [5, 5.41) is 12.4. The van der Waals surface area contributed by atoms with Crippen molar-refractivity contribution in [1.82, 2.24) is 14.5 Å². The quantitative estimate of drug-likeness (QED) is 0.839. The summed E-state index contributed by atoms with van der Waals surface area (Å²) >= 11 is 0. The minimum absolute atomic E-state index is 0.0465. The minimum Gasteiger partial charge on any atom is -0.390 e. The van der Waals surface area contributed by atoms with Crippen LogP contribution in [0.5, 0.6) is 0 Å². The van der Waals surface area contributed by atoms with Crippen molar-refractivity contribution in [1.29, 1.82) is 0 Å². The van der Waals surface area contributed by atoms with Gasteiger partial charge in [0.05, 0.1) is 12.0 Å². The molecule has 0 aromatic carbocycles. The van der Waals surface area contributed by atoms with Crippen LogP contribution < -0.4 is 5.32 Å². The molecule has 2 rings (SSSR count). The van der Waals surface area contributed by atoms with Gasteiger partial charge in [-0.05, 0) is 46.2 Å². The number of amides is 1. The van der Waals surface area contributed by atoms with Crippen LogP contribution in [-0.4, -0.2) is 31.1 Å². The molecule has 6 nitrogen and oxygen atoms in total. The lowest BCUT2D eigenvalue weighted by atomic mass is 10.0. The number of carbonyl (C=O) groups is 1. The Bertz CT molecular complexity index is 820. The Morgan fingerprint density at radius 1 is 1.19 bits per heavy atom. The van der Waals surface area contributed by atoms with Gasteiger partial charge in [-0.2, -0.15) is 13.2 Å². The third-order valence-corrected chi connectivity index (χ3v) is 4.11. The van der Waals surface area contributed by atoms with Crippen LogP contribution in [0, 0.1) is 0 Å². The number of hydrogen-bond donors (Lipinski definition) is 2. The normalized spacial score (nSPS) is 13.3. The summed E-state index contributed by atoms with van der Waals surface area (Å²) in [7, 11) is 0. The summed E-state index contributed by atoms with van der Waals surface area (Å²) < 4.78 is 40.6. The Kier molecular flexibility index (Phi) is 5.06. The number of hydrogen-bond acceptors (Lipinski definition) is 4. The van der Waals surface area contributed by atoms with E-state index in [4.69, 9.17) is 0 Å². The number of aromatic nitrogens is 3. The number of nitrogens with zero attached hydrogens (tertiary/aromatic N) is 3. The molecular formula is C17H23F3N4O2. The van der Waals surface area contributed by atoms with E-state index in [0.717, 1.165) is 6.07 Å². The van der Waals surface area contributed by atoms with Gasteiger partial charge in [0.25, 0.3) is 0 Å². The second-order valence-electron chi connectivity index (χ2n) is 7.51. The smallest absolute Gasteiger partial charge is 0.390 e. The van der Waals surface area contributed by atoms with E-state index in [0.29, 0.717) is 6.42 Å². The van der Waals surface area contributed by atoms with E-state index in [9.17, 15) is 23.1 Å². The number of halogens is 3. The van der Waals surface area contributed by atoms with Crippen molar-refractivity contribution in [3.63, 3.8) is 0 Å². The Morgan fingerprint density at radius 3 is 2.31 bits per heavy atom. The van der Waals surface area contributed by atoms with Crippen molar-refractivity contribution in [3.8, 4) is 0 Å². The average molecular weight is 372 g/mol. The van der Waals surface area contributed by atoms with Crippen LogP contribution in [0.15, 0.2) is 12.1 Å². The van der Waals surface area contributed by atoms with E-state index in [1.165, 1.54) is 24.5 Å². The molecule has 0 aliphatic carbocycles. The number of fused-ring (bicyclic) bond motifs is 1. The summed E-state index contributed by atoms with van der Waals surface area (Å²) in [4.78, 5) is 20.2. The second kappa shape index (κ2) is 6.53. The summed E-state index contributed by atoms with van der Waals surface area (Å²) in [6.45, 7) is 8.50. The number of rotatable bonds is 5. The standard InChI is InChI=1S/C17H23F3N4O2/c1-6-15(2,3)24-13-10(7-8-11(22-13)17(18,19)20)21-14(24)23-12(25)9-16(4,5)26/h7-8,26H,6,9H2,1-5H3,(H,21,23,25). The largest absolute Gasteiger partial charge is 0.433 e. The number of carbonyl (C=O) groups excluding carboxylic acids is 1. The van der Waals surface area contributed by atoms with Crippen LogP contribution in [-0.2, 0) is 16.5 Å². The highest BCUT2D eigenvalue weighted by atomic mass is 19.4. The van der Waals surface area contributed by atoms with Gasteiger partial charge in [-0.3, -0.25) is 14.7 Å². The fourth-order valence-electron chi connectivity index (χ4n) is 2.49. The maximum Gasteiger partial charge on any atom is 0.433 e. The van der Waals surface area contributed by atoms with Gasteiger partial charge < -0.3 is 5.11 Å². The maximum atomic E-state index is 13.0. The summed E-state index contributed by atoms with van der Waals surface area (Å²) in [5.41, 5.74) is -2.58. The lowest BCUT2D eigenvalue weighted by Gasteiger charge is -2.27. The Labute approximate surface area is 149 Å². The molecule has 0 aliphatic heterocycles. The second-order valence-corrected chi connectivity index (χ2v) is 7.51. The minimum atomic E-state index is -4.58. The van der Waals surface area contributed by atoms with Crippen molar-refractivity contribution in [3.05, 3.63) is 17.8 Å².